The Morgan fingerprint density at radius 2 is 1.14 bits per heavy atom. The Bertz CT molecular complexity index is 2450. The SMILES string of the molecule is CC1(C)C2=C(CCC=C2)c2c(-c3ccc(-c4cc(-c5cccc(-c6ccccc6)c5)nc(-c5ccccc5)n4)c4ccccc34)cccc21. The summed E-state index contributed by atoms with van der Waals surface area (Å²) in [6, 6.07) is 52.0. The molecule has 2 nitrogen and oxygen atoms in total. The number of hydrogen-bond donors (Lipinski definition) is 0. The lowest BCUT2D eigenvalue weighted by Gasteiger charge is -2.24. The molecule has 0 atom stereocenters. The van der Waals surface area contributed by atoms with E-state index in [4.69, 9.17) is 9.97 Å². The van der Waals surface area contributed by atoms with Crippen LogP contribution in [0.5, 0.6) is 0 Å². The molecule has 9 rings (SSSR count). The summed E-state index contributed by atoms with van der Waals surface area (Å²) in [6.45, 7) is 4.75. The van der Waals surface area contributed by atoms with Gasteiger partial charge in [-0.25, -0.2) is 9.97 Å². The highest BCUT2D eigenvalue weighted by molar-refractivity contribution is 6.07. The van der Waals surface area contributed by atoms with Crippen molar-refractivity contribution in [2.24, 2.45) is 0 Å². The van der Waals surface area contributed by atoms with Crippen LogP contribution in [0.15, 0.2) is 163 Å². The predicted molar refractivity (Wildman–Crippen MR) is 205 cm³/mol. The highest BCUT2D eigenvalue weighted by Crippen LogP contribution is 2.53. The van der Waals surface area contributed by atoms with Crippen molar-refractivity contribution in [3.8, 4) is 56.2 Å². The first-order valence-corrected chi connectivity index (χ1v) is 17.2. The molecule has 7 aromatic rings. The molecule has 0 amide bonds. The summed E-state index contributed by atoms with van der Waals surface area (Å²) in [5.74, 6) is 0.722. The second kappa shape index (κ2) is 11.7. The van der Waals surface area contributed by atoms with Crippen molar-refractivity contribution in [3.05, 3.63) is 174 Å². The maximum absolute atomic E-state index is 5.24. The minimum Gasteiger partial charge on any atom is -0.228 e. The van der Waals surface area contributed by atoms with E-state index in [1.54, 1.807) is 0 Å². The van der Waals surface area contributed by atoms with Crippen molar-refractivity contribution in [2.45, 2.75) is 32.1 Å². The van der Waals surface area contributed by atoms with Crippen LogP contribution in [0.4, 0.5) is 0 Å². The van der Waals surface area contributed by atoms with Crippen LogP contribution in [0.1, 0.15) is 37.8 Å². The molecule has 1 aromatic heterocycles. The van der Waals surface area contributed by atoms with Crippen molar-refractivity contribution in [1.29, 1.82) is 0 Å². The number of rotatable bonds is 5. The molecule has 234 valence electrons. The summed E-state index contributed by atoms with van der Waals surface area (Å²) in [5.41, 5.74) is 15.8. The molecule has 2 aliphatic rings. The first-order valence-electron chi connectivity index (χ1n) is 17.2. The largest absolute Gasteiger partial charge is 0.228 e. The van der Waals surface area contributed by atoms with Crippen LogP contribution >= 0.6 is 0 Å². The minimum atomic E-state index is -0.00362. The first kappa shape index (κ1) is 29.3. The Hall–Kier alpha value is -5.86. The van der Waals surface area contributed by atoms with Gasteiger partial charge in [-0.15, -0.1) is 0 Å². The zero-order valence-corrected chi connectivity index (χ0v) is 27.8. The van der Waals surface area contributed by atoms with E-state index >= 15 is 0 Å². The van der Waals surface area contributed by atoms with Crippen LogP contribution in [-0.2, 0) is 5.41 Å². The Morgan fingerprint density at radius 1 is 0.510 bits per heavy atom. The smallest absolute Gasteiger partial charge is 0.160 e. The maximum Gasteiger partial charge on any atom is 0.160 e. The van der Waals surface area contributed by atoms with Gasteiger partial charge < -0.3 is 0 Å². The highest BCUT2D eigenvalue weighted by Gasteiger charge is 2.38. The third-order valence-corrected chi connectivity index (χ3v) is 10.4. The van der Waals surface area contributed by atoms with Gasteiger partial charge in [0.25, 0.3) is 0 Å². The molecule has 0 radical (unpaired) electrons. The van der Waals surface area contributed by atoms with Crippen molar-refractivity contribution < 1.29 is 0 Å². The van der Waals surface area contributed by atoms with E-state index in [1.807, 2.05) is 18.2 Å². The third kappa shape index (κ3) is 4.95. The molecule has 0 aliphatic heterocycles. The van der Waals surface area contributed by atoms with Gasteiger partial charge in [-0.3, -0.25) is 0 Å². The number of nitrogens with zero attached hydrogens (tertiary/aromatic N) is 2. The molecule has 0 fully saturated rings. The van der Waals surface area contributed by atoms with Gasteiger partial charge in [-0.05, 0) is 80.3 Å². The van der Waals surface area contributed by atoms with E-state index in [1.165, 1.54) is 55.3 Å². The van der Waals surface area contributed by atoms with Crippen LogP contribution < -0.4 is 0 Å². The molecule has 2 aliphatic carbocycles. The van der Waals surface area contributed by atoms with Crippen molar-refractivity contribution in [2.75, 3.05) is 0 Å². The Balaban J connectivity index is 1.24. The Morgan fingerprint density at radius 3 is 1.94 bits per heavy atom. The minimum absolute atomic E-state index is 0.00362. The van der Waals surface area contributed by atoms with E-state index < -0.39 is 0 Å². The number of fused-ring (bicyclic) bond motifs is 3. The molecule has 0 saturated heterocycles. The molecular formula is C47H36N2. The second-order valence-electron chi connectivity index (χ2n) is 13.7. The molecule has 1 heterocycles. The van der Waals surface area contributed by atoms with Gasteiger partial charge in [0.05, 0.1) is 11.4 Å². The summed E-state index contributed by atoms with van der Waals surface area (Å²) in [5, 5.41) is 2.42. The van der Waals surface area contributed by atoms with Gasteiger partial charge in [0.15, 0.2) is 5.82 Å². The summed E-state index contributed by atoms with van der Waals surface area (Å²) < 4.78 is 0. The number of allylic oxidation sites excluding steroid dienone is 4. The van der Waals surface area contributed by atoms with Gasteiger partial charge in [-0.2, -0.15) is 0 Å². The molecule has 0 N–H and O–H groups in total. The molecule has 0 unspecified atom stereocenters. The van der Waals surface area contributed by atoms with E-state index in [0.29, 0.717) is 0 Å². The predicted octanol–water partition coefficient (Wildman–Crippen LogP) is 12.4. The van der Waals surface area contributed by atoms with Crippen LogP contribution in [0.2, 0.25) is 0 Å². The van der Waals surface area contributed by atoms with Gasteiger partial charge in [0, 0.05) is 22.1 Å². The van der Waals surface area contributed by atoms with Gasteiger partial charge in [0.2, 0.25) is 0 Å². The highest BCUT2D eigenvalue weighted by atomic mass is 14.9. The molecule has 6 aromatic carbocycles. The second-order valence-corrected chi connectivity index (χ2v) is 13.7. The van der Waals surface area contributed by atoms with Crippen molar-refractivity contribution in [1.82, 2.24) is 9.97 Å². The molecule has 0 spiro atoms. The zero-order valence-electron chi connectivity index (χ0n) is 27.8. The summed E-state index contributed by atoms with van der Waals surface area (Å²) in [6.07, 6.45) is 6.90. The Labute approximate surface area is 288 Å². The molecule has 49 heavy (non-hydrogen) atoms. The van der Waals surface area contributed by atoms with Crippen LogP contribution in [-0.4, -0.2) is 9.97 Å². The summed E-state index contributed by atoms with van der Waals surface area (Å²) >= 11 is 0. The summed E-state index contributed by atoms with van der Waals surface area (Å²) in [4.78, 5) is 10.4. The van der Waals surface area contributed by atoms with Crippen LogP contribution in [0, 0.1) is 0 Å². The molecule has 0 bridgehead atoms. The number of hydrogen-bond acceptors (Lipinski definition) is 2. The molecule has 0 saturated carbocycles. The zero-order chi connectivity index (χ0) is 33.0. The molecular weight excluding hydrogens is 593 g/mol. The fourth-order valence-electron chi connectivity index (χ4n) is 7.97. The van der Waals surface area contributed by atoms with E-state index in [2.05, 4.69) is 153 Å². The fourth-order valence-corrected chi connectivity index (χ4v) is 7.97. The van der Waals surface area contributed by atoms with E-state index in [0.717, 1.165) is 46.7 Å². The lowest BCUT2D eigenvalue weighted by atomic mass is 9.79. The average Bonchev–Trinajstić information content (AvgIpc) is 3.41. The lowest BCUT2D eigenvalue weighted by molar-refractivity contribution is 0.651. The van der Waals surface area contributed by atoms with E-state index in [9.17, 15) is 0 Å². The normalized spacial score (nSPS) is 14.6. The van der Waals surface area contributed by atoms with Crippen LogP contribution in [0.25, 0.3) is 72.5 Å². The maximum atomic E-state index is 5.24. The van der Waals surface area contributed by atoms with Gasteiger partial charge in [0.1, 0.15) is 0 Å². The van der Waals surface area contributed by atoms with E-state index in [-0.39, 0.29) is 5.41 Å². The first-order chi connectivity index (χ1) is 24.1. The quantitative estimate of drug-likeness (QED) is 0.190. The topological polar surface area (TPSA) is 25.8 Å². The van der Waals surface area contributed by atoms with Gasteiger partial charge in [-0.1, -0.05) is 159 Å². The molecule has 2 heteroatoms. The third-order valence-electron chi connectivity index (χ3n) is 10.4. The van der Waals surface area contributed by atoms with Crippen molar-refractivity contribution >= 4 is 16.3 Å². The lowest BCUT2D eigenvalue weighted by Crippen LogP contribution is -2.16. The van der Waals surface area contributed by atoms with Crippen molar-refractivity contribution in [3.63, 3.8) is 0 Å². The summed E-state index contributed by atoms with van der Waals surface area (Å²) in [7, 11) is 0. The average molecular weight is 629 g/mol. The number of benzene rings is 6. The standard InChI is InChI=1S/C47H36N2/c1-47(2)41-25-12-11-23-40(41)45-39(24-14-26-42(45)47)37-27-28-38(36-22-10-9-21-35(36)37)44-30-43(48-46(49-44)32-17-7-4-8-18-32)34-20-13-19-33(29-34)31-15-5-3-6-16-31/h3-10,12-22,24-30H,11,23H2,1-2H3. The monoisotopic (exact) mass is 628 g/mol. The van der Waals surface area contributed by atoms with Gasteiger partial charge >= 0.3 is 0 Å². The van der Waals surface area contributed by atoms with Crippen LogP contribution in [0.3, 0.4) is 0 Å². The Kier molecular flexibility index (Phi) is 6.98. The fraction of sp³-hybridized carbons (Fsp3) is 0.106. The number of aromatic nitrogens is 2.